The van der Waals surface area contributed by atoms with E-state index in [1.54, 1.807) is 18.3 Å². The largest absolute Gasteiger partial charge is 0.351 e. The fraction of sp³-hybridized carbons (Fsp3) is 0.538. The Morgan fingerprint density at radius 1 is 1.56 bits per heavy atom. The van der Waals surface area contributed by atoms with Crippen LogP contribution in [0.1, 0.15) is 36.0 Å². The van der Waals surface area contributed by atoms with E-state index in [2.05, 4.69) is 32.5 Å². The highest BCUT2D eigenvalue weighted by atomic mass is 79.9. The summed E-state index contributed by atoms with van der Waals surface area (Å²) in [5.41, 5.74) is 0.603. The summed E-state index contributed by atoms with van der Waals surface area (Å²) in [5, 5.41) is 3.04. The second-order valence-corrected chi connectivity index (χ2v) is 6.64. The SMILES string of the molecule is CSC1(CNC(=O)c2cccnc2Br)CCCC1. The molecule has 1 N–H and O–H groups in total. The van der Waals surface area contributed by atoms with E-state index in [-0.39, 0.29) is 10.7 Å². The quantitative estimate of drug-likeness (QED) is 0.862. The predicted molar refractivity (Wildman–Crippen MR) is 79.0 cm³/mol. The van der Waals surface area contributed by atoms with Gasteiger partial charge in [-0.2, -0.15) is 11.8 Å². The molecule has 0 spiro atoms. The van der Waals surface area contributed by atoms with Crippen LogP contribution >= 0.6 is 27.7 Å². The van der Waals surface area contributed by atoms with Crippen molar-refractivity contribution in [2.45, 2.75) is 30.4 Å². The number of nitrogens with zero attached hydrogens (tertiary/aromatic N) is 1. The number of rotatable bonds is 4. The van der Waals surface area contributed by atoms with Crippen molar-refractivity contribution < 1.29 is 4.79 Å². The molecule has 0 saturated heterocycles. The van der Waals surface area contributed by atoms with Crippen LogP contribution in [-0.4, -0.2) is 28.4 Å². The first-order valence-corrected chi connectivity index (χ1v) is 8.12. The van der Waals surface area contributed by atoms with Gasteiger partial charge in [-0.3, -0.25) is 4.79 Å². The van der Waals surface area contributed by atoms with Gasteiger partial charge < -0.3 is 5.32 Å². The molecule has 0 unspecified atom stereocenters. The molecule has 18 heavy (non-hydrogen) atoms. The fourth-order valence-electron chi connectivity index (χ4n) is 2.36. The number of carbonyl (C=O) groups excluding carboxylic acids is 1. The number of hydrogen-bond donors (Lipinski definition) is 1. The van der Waals surface area contributed by atoms with Crippen molar-refractivity contribution >= 4 is 33.6 Å². The van der Waals surface area contributed by atoms with E-state index < -0.39 is 0 Å². The third kappa shape index (κ3) is 3.06. The zero-order valence-corrected chi connectivity index (χ0v) is 12.8. The molecule has 1 aliphatic carbocycles. The van der Waals surface area contributed by atoms with Crippen LogP contribution in [0, 0.1) is 0 Å². The predicted octanol–water partition coefficient (Wildman–Crippen LogP) is 3.25. The zero-order valence-electron chi connectivity index (χ0n) is 10.4. The molecule has 1 aromatic rings. The lowest BCUT2D eigenvalue weighted by Gasteiger charge is -2.26. The maximum absolute atomic E-state index is 12.1. The van der Waals surface area contributed by atoms with Crippen LogP contribution < -0.4 is 5.32 Å². The van der Waals surface area contributed by atoms with E-state index in [1.165, 1.54) is 25.7 Å². The molecule has 1 aliphatic rings. The van der Waals surface area contributed by atoms with Gasteiger partial charge in [-0.05, 0) is 47.2 Å². The second kappa shape index (κ2) is 6.06. The number of aromatic nitrogens is 1. The van der Waals surface area contributed by atoms with Gasteiger partial charge in [0.2, 0.25) is 0 Å². The molecule has 0 radical (unpaired) electrons. The van der Waals surface area contributed by atoms with Crippen molar-refractivity contribution in [2.24, 2.45) is 0 Å². The molecule has 98 valence electrons. The fourth-order valence-corrected chi connectivity index (χ4v) is 3.71. The maximum atomic E-state index is 12.1. The molecule has 1 fully saturated rings. The normalized spacial score (nSPS) is 17.7. The first-order valence-electron chi connectivity index (χ1n) is 6.11. The van der Waals surface area contributed by atoms with Gasteiger partial charge in [0, 0.05) is 17.5 Å². The average Bonchev–Trinajstić information content (AvgIpc) is 2.86. The van der Waals surface area contributed by atoms with E-state index in [9.17, 15) is 4.79 Å². The number of nitrogens with one attached hydrogen (secondary N) is 1. The molecule has 5 heteroatoms. The van der Waals surface area contributed by atoms with Crippen LogP contribution in [0.3, 0.4) is 0 Å². The molecule has 3 nitrogen and oxygen atoms in total. The van der Waals surface area contributed by atoms with Crippen molar-refractivity contribution in [1.82, 2.24) is 10.3 Å². The highest BCUT2D eigenvalue weighted by molar-refractivity contribution is 9.10. The van der Waals surface area contributed by atoms with Crippen molar-refractivity contribution in [3.8, 4) is 0 Å². The lowest BCUT2D eigenvalue weighted by Crippen LogP contribution is -2.38. The van der Waals surface area contributed by atoms with Crippen molar-refractivity contribution in [3.05, 3.63) is 28.5 Å². The summed E-state index contributed by atoms with van der Waals surface area (Å²) < 4.78 is 0.844. The highest BCUT2D eigenvalue weighted by Crippen LogP contribution is 2.39. The van der Waals surface area contributed by atoms with Crippen LogP contribution in [0.2, 0.25) is 0 Å². The Kier molecular flexibility index (Phi) is 4.67. The zero-order chi connectivity index (χ0) is 13.0. The average molecular weight is 329 g/mol. The van der Waals surface area contributed by atoms with Gasteiger partial charge in [-0.1, -0.05) is 12.8 Å². The van der Waals surface area contributed by atoms with Gasteiger partial charge in [0.15, 0.2) is 0 Å². The Balaban J connectivity index is 1.98. The van der Waals surface area contributed by atoms with Gasteiger partial charge in [-0.15, -0.1) is 0 Å². The molecule has 0 bridgehead atoms. The third-order valence-electron chi connectivity index (χ3n) is 3.52. The van der Waals surface area contributed by atoms with Crippen LogP contribution in [0.5, 0.6) is 0 Å². The van der Waals surface area contributed by atoms with Crippen LogP contribution in [-0.2, 0) is 0 Å². The first kappa shape index (κ1) is 13.9. The molecule has 1 saturated carbocycles. The molecule has 0 aromatic carbocycles. The second-order valence-electron chi connectivity index (χ2n) is 4.62. The number of carbonyl (C=O) groups is 1. The number of hydrogen-bond acceptors (Lipinski definition) is 3. The number of halogens is 1. The standard InChI is InChI=1S/C13H17BrN2OS/c1-18-13(6-2-3-7-13)9-16-12(17)10-5-4-8-15-11(10)14/h4-5,8H,2-3,6-7,9H2,1H3,(H,16,17). The maximum Gasteiger partial charge on any atom is 0.254 e. The van der Waals surface area contributed by atoms with Crippen LogP contribution in [0.25, 0.3) is 0 Å². The van der Waals surface area contributed by atoms with Gasteiger partial charge in [0.25, 0.3) is 5.91 Å². The highest BCUT2D eigenvalue weighted by Gasteiger charge is 2.33. The van der Waals surface area contributed by atoms with Crippen LogP contribution in [0.4, 0.5) is 0 Å². The molecule has 1 aromatic heterocycles. The molecular weight excluding hydrogens is 312 g/mol. The third-order valence-corrected chi connectivity index (χ3v) is 5.57. The Morgan fingerprint density at radius 2 is 2.28 bits per heavy atom. The Labute approximate surface area is 120 Å². The van der Waals surface area contributed by atoms with Crippen molar-refractivity contribution in [1.29, 1.82) is 0 Å². The molecule has 1 amide bonds. The number of amides is 1. The van der Waals surface area contributed by atoms with Crippen molar-refractivity contribution in [2.75, 3.05) is 12.8 Å². The van der Waals surface area contributed by atoms with E-state index in [0.717, 1.165) is 6.54 Å². The minimum atomic E-state index is -0.0460. The summed E-state index contributed by atoms with van der Waals surface area (Å²) in [6, 6.07) is 3.56. The minimum absolute atomic E-state index is 0.0460. The van der Waals surface area contributed by atoms with Gasteiger partial charge in [0.05, 0.1) is 5.56 Å². The van der Waals surface area contributed by atoms with E-state index in [4.69, 9.17) is 0 Å². The molecular formula is C13H17BrN2OS. The Hall–Kier alpha value is -0.550. The summed E-state index contributed by atoms with van der Waals surface area (Å²) in [5.74, 6) is -0.0460. The molecule has 1 heterocycles. The lowest BCUT2D eigenvalue weighted by molar-refractivity contribution is 0.0948. The van der Waals surface area contributed by atoms with E-state index in [1.807, 2.05) is 11.8 Å². The van der Waals surface area contributed by atoms with Gasteiger partial charge in [0.1, 0.15) is 4.60 Å². The van der Waals surface area contributed by atoms with E-state index >= 15 is 0 Å². The summed E-state index contributed by atoms with van der Waals surface area (Å²) in [4.78, 5) is 16.2. The smallest absolute Gasteiger partial charge is 0.254 e. The first-order chi connectivity index (χ1) is 8.67. The molecule has 0 atom stereocenters. The lowest BCUT2D eigenvalue weighted by atomic mass is 10.1. The topological polar surface area (TPSA) is 42.0 Å². The Morgan fingerprint density at radius 3 is 2.89 bits per heavy atom. The summed E-state index contributed by atoms with van der Waals surface area (Å²) in [6.07, 6.45) is 8.74. The minimum Gasteiger partial charge on any atom is -0.351 e. The summed E-state index contributed by atoms with van der Waals surface area (Å²) in [6.45, 7) is 0.744. The summed E-state index contributed by atoms with van der Waals surface area (Å²) >= 11 is 5.18. The van der Waals surface area contributed by atoms with Crippen LogP contribution in [0.15, 0.2) is 22.9 Å². The van der Waals surface area contributed by atoms with Gasteiger partial charge in [-0.25, -0.2) is 4.98 Å². The van der Waals surface area contributed by atoms with E-state index in [0.29, 0.717) is 10.2 Å². The molecule has 0 aliphatic heterocycles. The number of thioether (sulfide) groups is 1. The Bertz CT molecular complexity index is 433. The summed E-state index contributed by atoms with van der Waals surface area (Å²) in [7, 11) is 0. The van der Waals surface area contributed by atoms with Crippen molar-refractivity contribution in [3.63, 3.8) is 0 Å². The number of pyridine rings is 1. The van der Waals surface area contributed by atoms with Gasteiger partial charge >= 0.3 is 0 Å². The monoisotopic (exact) mass is 328 g/mol. The molecule has 2 rings (SSSR count).